The molecule has 1 saturated heterocycles. The molecule has 8 atom stereocenters. The third-order valence-corrected chi connectivity index (χ3v) is 12.4. The predicted octanol–water partition coefficient (Wildman–Crippen LogP) is 3.87. The highest BCUT2D eigenvalue weighted by Crippen LogP contribution is 2.69. The summed E-state index contributed by atoms with van der Waals surface area (Å²) in [5.41, 5.74) is 1.25. The zero-order valence-electron chi connectivity index (χ0n) is 23.1. The smallest absolute Gasteiger partial charge is 0.326 e. The van der Waals surface area contributed by atoms with Crippen LogP contribution >= 0.6 is 39.0 Å². The van der Waals surface area contributed by atoms with E-state index in [1.54, 1.807) is 24.3 Å². The van der Waals surface area contributed by atoms with E-state index in [0.29, 0.717) is 17.9 Å². The third-order valence-electron chi connectivity index (χ3n) is 9.32. The highest BCUT2D eigenvalue weighted by molar-refractivity contribution is 9.10. The van der Waals surface area contributed by atoms with Crippen molar-refractivity contribution in [1.29, 1.82) is 0 Å². The fourth-order valence-corrected chi connectivity index (χ4v) is 10.9. The standard InChI is InChI=1S/C30H26BrN3O8S2/c1-11(29(39)40)34-27(37)22-16-9-17(23(22)28(34)38)24-21(16)20(25-26(43-24)33-30(41)44-25)15-8-12(31)2-7-18(15)42-10-19(36)32-13-3-5-14(35)6-4-13/h2-8,11,16-17,20-24,35H,9-10H2,1H3,(H,32,36)(H,33,41)(H,39,40)/t11?,16?,17?,20-,21?,22?,23?,24?/m1/s1. The maximum Gasteiger partial charge on any atom is 0.326 e. The van der Waals surface area contributed by atoms with Crippen molar-refractivity contribution in [3.05, 3.63) is 67.0 Å². The number of carboxylic acid groups (broad SMARTS) is 1. The minimum atomic E-state index is -1.25. The van der Waals surface area contributed by atoms with Crippen LogP contribution in [0.1, 0.15) is 29.7 Å². The number of aliphatic carboxylic acids is 1. The molecule has 2 aromatic carbocycles. The van der Waals surface area contributed by atoms with Crippen LogP contribution in [0.25, 0.3) is 0 Å². The van der Waals surface area contributed by atoms with Gasteiger partial charge in [-0.2, -0.15) is 0 Å². The summed E-state index contributed by atoms with van der Waals surface area (Å²) in [5.74, 6) is -4.03. The molecule has 4 aliphatic rings. The molecule has 14 heteroatoms. The van der Waals surface area contributed by atoms with Crippen LogP contribution in [0.15, 0.2) is 56.8 Å². The number of rotatable bonds is 7. The molecule has 3 heterocycles. The molecule has 228 valence electrons. The number of likely N-dealkylation sites (tertiary alicyclic amines) is 1. The molecule has 7 rings (SSSR count). The fraction of sp³-hybridized carbons (Fsp3) is 0.367. The lowest BCUT2D eigenvalue weighted by atomic mass is 9.68. The van der Waals surface area contributed by atoms with Gasteiger partial charge >= 0.3 is 10.8 Å². The van der Waals surface area contributed by atoms with Crippen LogP contribution in [-0.4, -0.2) is 61.7 Å². The number of aromatic amines is 1. The first-order valence-corrected chi connectivity index (χ1v) is 16.5. The molecule has 0 radical (unpaired) electrons. The number of imide groups is 1. The number of H-pyrrole nitrogens is 1. The molecule has 3 amide bonds. The molecular weight excluding hydrogens is 674 g/mol. The molecule has 4 N–H and O–H groups in total. The Labute approximate surface area is 267 Å². The first-order valence-electron chi connectivity index (χ1n) is 14.0. The lowest BCUT2D eigenvalue weighted by Crippen LogP contribution is -2.44. The van der Waals surface area contributed by atoms with Gasteiger partial charge < -0.3 is 25.3 Å². The molecule has 44 heavy (non-hydrogen) atoms. The van der Waals surface area contributed by atoms with Gasteiger partial charge in [0, 0.05) is 31.8 Å². The van der Waals surface area contributed by atoms with Crippen LogP contribution in [0.3, 0.4) is 0 Å². The van der Waals surface area contributed by atoms with E-state index in [4.69, 9.17) is 4.74 Å². The lowest BCUT2D eigenvalue weighted by Gasteiger charge is -2.43. The van der Waals surface area contributed by atoms with E-state index in [1.165, 1.54) is 30.8 Å². The number of amides is 3. The van der Waals surface area contributed by atoms with Gasteiger partial charge in [-0.3, -0.25) is 24.1 Å². The third kappa shape index (κ3) is 4.57. The normalized spacial score (nSPS) is 28.8. The number of carboxylic acids is 1. The number of phenolic OH excluding ortho intramolecular Hbond substituents is 1. The minimum Gasteiger partial charge on any atom is -0.508 e. The number of aromatic hydroxyl groups is 1. The number of nitrogens with one attached hydrogen (secondary N) is 2. The molecule has 3 fully saturated rings. The number of aromatic nitrogens is 1. The van der Waals surface area contributed by atoms with Crippen LogP contribution < -0.4 is 14.9 Å². The largest absolute Gasteiger partial charge is 0.508 e. The number of ether oxygens (including phenoxy) is 1. The number of benzene rings is 2. The van der Waals surface area contributed by atoms with Crippen molar-refractivity contribution in [3.8, 4) is 11.5 Å². The highest BCUT2D eigenvalue weighted by Gasteiger charge is 2.70. The number of carbonyl (C=O) groups excluding carboxylic acids is 3. The average Bonchev–Trinajstić information content (AvgIpc) is 3.72. The second-order valence-corrected chi connectivity index (χ2v) is 14.7. The Hall–Kier alpha value is -3.62. The lowest BCUT2D eigenvalue weighted by molar-refractivity contribution is -0.154. The van der Waals surface area contributed by atoms with Crippen LogP contribution in [0.4, 0.5) is 5.69 Å². The van der Waals surface area contributed by atoms with Crippen molar-refractivity contribution < 1.29 is 34.1 Å². The van der Waals surface area contributed by atoms with Gasteiger partial charge in [0.2, 0.25) is 11.8 Å². The molecule has 7 unspecified atom stereocenters. The maximum absolute atomic E-state index is 13.7. The van der Waals surface area contributed by atoms with Crippen molar-refractivity contribution in [2.24, 2.45) is 29.6 Å². The number of nitrogens with zero attached hydrogens (tertiary/aromatic N) is 1. The van der Waals surface area contributed by atoms with Crippen LogP contribution in [0, 0.1) is 29.6 Å². The summed E-state index contributed by atoms with van der Waals surface area (Å²) in [5, 5.41) is 22.5. The van der Waals surface area contributed by atoms with Gasteiger partial charge in [0.25, 0.3) is 5.91 Å². The van der Waals surface area contributed by atoms with E-state index in [0.717, 1.165) is 36.2 Å². The van der Waals surface area contributed by atoms with E-state index in [2.05, 4.69) is 26.2 Å². The van der Waals surface area contributed by atoms with Crippen LogP contribution in [0.5, 0.6) is 11.5 Å². The Morgan fingerprint density at radius 1 is 1.11 bits per heavy atom. The summed E-state index contributed by atoms with van der Waals surface area (Å²) in [4.78, 5) is 68.8. The van der Waals surface area contributed by atoms with Gasteiger partial charge in [0.15, 0.2) is 6.61 Å². The Morgan fingerprint density at radius 3 is 2.52 bits per heavy atom. The number of hydrogen-bond donors (Lipinski definition) is 4. The monoisotopic (exact) mass is 699 g/mol. The van der Waals surface area contributed by atoms with E-state index in [1.807, 2.05) is 6.07 Å². The number of phenols is 1. The second-order valence-electron chi connectivity index (χ2n) is 11.6. The highest BCUT2D eigenvalue weighted by atomic mass is 79.9. The number of carbonyl (C=O) groups is 4. The zero-order chi connectivity index (χ0) is 31.0. The first kappa shape index (κ1) is 29.1. The Balaban J connectivity index is 1.23. The molecule has 2 aliphatic heterocycles. The van der Waals surface area contributed by atoms with Crippen molar-refractivity contribution in [3.63, 3.8) is 0 Å². The van der Waals surface area contributed by atoms with Crippen LogP contribution in [0.2, 0.25) is 0 Å². The number of halogens is 1. The number of thioether (sulfide) groups is 1. The van der Waals surface area contributed by atoms with E-state index < -0.39 is 41.6 Å². The molecule has 3 aromatic rings. The van der Waals surface area contributed by atoms with Gasteiger partial charge in [0.1, 0.15) is 17.5 Å². The van der Waals surface area contributed by atoms with Crippen molar-refractivity contribution in [2.45, 2.75) is 35.6 Å². The fourth-order valence-electron chi connectivity index (χ4n) is 7.66. The maximum atomic E-state index is 13.7. The van der Waals surface area contributed by atoms with Gasteiger partial charge in [-0.1, -0.05) is 27.3 Å². The van der Waals surface area contributed by atoms with Gasteiger partial charge in [-0.15, -0.1) is 11.8 Å². The summed E-state index contributed by atoms with van der Waals surface area (Å²) >= 11 is 6.20. The zero-order valence-corrected chi connectivity index (χ0v) is 26.3. The Morgan fingerprint density at radius 2 is 1.82 bits per heavy atom. The number of thiazole rings is 1. The summed E-state index contributed by atoms with van der Waals surface area (Å²) in [7, 11) is 0. The van der Waals surface area contributed by atoms with Crippen LogP contribution in [-0.2, 0) is 19.2 Å². The van der Waals surface area contributed by atoms with Crippen molar-refractivity contribution >= 4 is 68.4 Å². The average molecular weight is 701 g/mol. The van der Waals surface area contributed by atoms with Gasteiger partial charge in [-0.05, 0) is 73.6 Å². The predicted molar refractivity (Wildman–Crippen MR) is 164 cm³/mol. The summed E-state index contributed by atoms with van der Waals surface area (Å²) in [6.07, 6.45) is 0.652. The van der Waals surface area contributed by atoms with Gasteiger partial charge in [0.05, 0.1) is 16.9 Å². The topological polar surface area (TPSA) is 166 Å². The minimum absolute atomic E-state index is 0.0776. The van der Waals surface area contributed by atoms with E-state index in [-0.39, 0.29) is 46.2 Å². The van der Waals surface area contributed by atoms with Crippen molar-refractivity contribution in [1.82, 2.24) is 9.88 Å². The second kappa shape index (κ2) is 10.8. The molecule has 11 nitrogen and oxygen atoms in total. The van der Waals surface area contributed by atoms with E-state index in [9.17, 15) is 34.2 Å². The Kier molecular flexibility index (Phi) is 7.13. The van der Waals surface area contributed by atoms with Gasteiger partial charge in [-0.25, -0.2) is 4.79 Å². The molecule has 0 spiro atoms. The molecular formula is C30H26BrN3O8S2. The SMILES string of the molecule is CC(C(=O)O)N1C(=O)C2C3CC(C2C1=O)C1C3Sc2[nH]c(=O)sc2[C@@H]1c1cc(Br)ccc1OCC(=O)Nc1ccc(O)cc1. The number of anilines is 1. The summed E-state index contributed by atoms with van der Waals surface area (Å²) in [6.45, 7) is 1.06. The van der Waals surface area contributed by atoms with E-state index >= 15 is 0 Å². The molecule has 1 aromatic heterocycles. The quantitative estimate of drug-likeness (QED) is 0.212. The molecule has 2 aliphatic carbocycles. The molecule has 2 saturated carbocycles. The number of fused-ring (bicyclic) bond motifs is 9. The molecule has 2 bridgehead atoms. The summed E-state index contributed by atoms with van der Waals surface area (Å²) in [6, 6.07) is 10.3. The Bertz CT molecular complexity index is 1770. The first-order chi connectivity index (χ1) is 21.0. The summed E-state index contributed by atoms with van der Waals surface area (Å²) < 4.78 is 6.85. The number of hydrogen-bond acceptors (Lipinski definition) is 9. The van der Waals surface area contributed by atoms with Crippen molar-refractivity contribution in [2.75, 3.05) is 11.9 Å².